The van der Waals surface area contributed by atoms with Crippen LogP contribution in [0, 0.1) is 6.92 Å². The summed E-state index contributed by atoms with van der Waals surface area (Å²) in [4.78, 5) is 26.5. The van der Waals surface area contributed by atoms with Gasteiger partial charge in [0.25, 0.3) is 0 Å². The summed E-state index contributed by atoms with van der Waals surface area (Å²) in [6, 6.07) is 9.75. The van der Waals surface area contributed by atoms with Crippen molar-refractivity contribution in [1.82, 2.24) is 19.9 Å². The van der Waals surface area contributed by atoms with E-state index in [1.54, 1.807) is 24.5 Å². The molecule has 0 unspecified atom stereocenters. The van der Waals surface area contributed by atoms with E-state index in [-0.39, 0.29) is 11.9 Å². The Labute approximate surface area is 146 Å². The van der Waals surface area contributed by atoms with E-state index < -0.39 is 0 Å². The zero-order valence-electron chi connectivity index (χ0n) is 14.2. The fourth-order valence-corrected chi connectivity index (χ4v) is 3.36. The largest absolute Gasteiger partial charge is 0.342 e. The van der Waals surface area contributed by atoms with Crippen molar-refractivity contribution in [3.05, 3.63) is 54.1 Å². The van der Waals surface area contributed by atoms with Crippen LogP contribution in [0.4, 0.5) is 10.5 Å². The molecule has 3 heterocycles. The van der Waals surface area contributed by atoms with Crippen molar-refractivity contribution in [2.45, 2.75) is 25.7 Å². The first-order chi connectivity index (χ1) is 12.2. The quantitative estimate of drug-likeness (QED) is 0.750. The average Bonchev–Trinajstić information content (AvgIpc) is 3.06. The van der Waals surface area contributed by atoms with Crippen molar-refractivity contribution >= 4 is 22.8 Å². The van der Waals surface area contributed by atoms with E-state index in [9.17, 15) is 4.79 Å². The Morgan fingerprint density at radius 1 is 1.28 bits per heavy atom. The monoisotopic (exact) mass is 335 g/mol. The van der Waals surface area contributed by atoms with Crippen LogP contribution >= 0.6 is 0 Å². The zero-order valence-corrected chi connectivity index (χ0v) is 14.2. The van der Waals surface area contributed by atoms with E-state index in [1.165, 1.54) is 5.56 Å². The second-order valence-corrected chi connectivity index (χ2v) is 6.59. The number of benzene rings is 1. The molecule has 1 aromatic carbocycles. The second kappa shape index (κ2) is 6.55. The van der Waals surface area contributed by atoms with Crippen molar-refractivity contribution < 1.29 is 4.79 Å². The van der Waals surface area contributed by atoms with Crippen molar-refractivity contribution in [1.29, 1.82) is 0 Å². The number of aromatic nitrogens is 3. The first-order valence-corrected chi connectivity index (χ1v) is 8.61. The van der Waals surface area contributed by atoms with E-state index in [1.807, 2.05) is 11.0 Å². The van der Waals surface area contributed by atoms with E-state index in [0.717, 1.165) is 41.9 Å². The number of fused-ring (bicyclic) bond motifs is 1. The number of nitrogens with one attached hydrogen (secondary N) is 2. The number of aryl methyl sites for hydroxylation is 1. The fraction of sp³-hybridized carbons (Fsp3) is 0.316. The molecule has 0 saturated carbocycles. The molecule has 0 spiro atoms. The van der Waals surface area contributed by atoms with Gasteiger partial charge in [0.2, 0.25) is 0 Å². The van der Waals surface area contributed by atoms with Crippen LogP contribution < -0.4 is 5.32 Å². The highest BCUT2D eigenvalue weighted by Crippen LogP contribution is 2.27. The predicted octanol–water partition coefficient (Wildman–Crippen LogP) is 3.68. The molecule has 4 rings (SSSR count). The van der Waals surface area contributed by atoms with E-state index in [0.29, 0.717) is 6.54 Å². The molecular weight excluding hydrogens is 314 g/mol. The Kier molecular flexibility index (Phi) is 4.09. The lowest BCUT2D eigenvalue weighted by Gasteiger charge is -2.31. The molecule has 1 aliphatic rings. The maximum Gasteiger partial charge on any atom is 0.321 e. The van der Waals surface area contributed by atoms with Crippen molar-refractivity contribution in [3.8, 4) is 0 Å². The first-order valence-electron chi connectivity index (χ1n) is 8.61. The minimum atomic E-state index is -0.0668. The number of rotatable bonds is 2. The highest BCUT2D eigenvalue weighted by molar-refractivity contribution is 5.89. The van der Waals surface area contributed by atoms with Crippen LogP contribution in [0.2, 0.25) is 0 Å². The minimum absolute atomic E-state index is 0.0668. The molecular formula is C19H21N5O. The molecule has 1 saturated heterocycles. The lowest BCUT2D eigenvalue weighted by atomic mass is 9.97. The van der Waals surface area contributed by atoms with Gasteiger partial charge in [-0.15, -0.1) is 0 Å². The van der Waals surface area contributed by atoms with Gasteiger partial charge in [-0.2, -0.15) is 0 Å². The van der Waals surface area contributed by atoms with Gasteiger partial charge in [-0.25, -0.2) is 9.78 Å². The summed E-state index contributed by atoms with van der Waals surface area (Å²) in [5.74, 6) is 1.21. The molecule has 6 heteroatoms. The number of nitrogens with zero attached hydrogens (tertiary/aromatic N) is 3. The topological polar surface area (TPSA) is 73.9 Å². The Bertz CT molecular complexity index is 889. The van der Waals surface area contributed by atoms with Gasteiger partial charge in [0, 0.05) is 37.1 Å². The van der Waals surface area contributed by atoms with E-state index in [4.69, 9.17) is 4.98 Å². The fourth-order valence-electron chi connectivity index (χ4n) is 3.36. The Balaban J connectivity index is 1.49. The molecule has 6 nitrogen and oxygen atoms in total. The van der Waals surface area contributed by atoms with Crippen LogP contribution in [0.25, 0.3) is 11.0 Å². The number of carbonyl (C=O) groups excluding carboxylic acids is 1. The number of likely N-dealkylation sites (tertiary alicyclic amines) is 1. The number of imidazole rings is 1. The standard InChI is InChI=1S/C19H21N5O/c1-13-4-5-16-17(11-13)23-18(22-16)14-3-2-10-24(12-14)19(25)21-15-6-8-20-9-7-15/h4-9,11,14H,2-3,10,12H2,1H3,(H,22,23)(H,20,21,25)/t14-/m0/s1. The average molecular weight is 335 g/mol. The third kappa shape index (κ3) is 3.33. The maximum absolute atomic E-state index is 12.5. The van der Waals surface area contributed by atoms with Crippen LogP contribution in [0.5, 0.6) is 0 Å². The Hall–Kier alpha value is -2.89. The van der Waals surface area contributed by atoms with Crippen LogP contribution in [-0.2, 0) is 0 Å². The van der Waals surface area contributed by atoms with E-state index >= 15 is 0 Å². The number of hydrogen-bond acceptors (Lipinski definition) is 3. The van der Waals surface area contributed by atoms with Crippen LogP contribution in [-0.4, -0.2) is 39.0 Å². The van der Waals surface area contributed by atoms with Gasteiger partial charge in [0.05, 0.1) is 11.0 Å². The molecule has 1 atom stereocenters. The number of amides is 2. The SMILES string of the molecule is Cc1ccc2nc([C@H]3CCCN(C(=O)Nc4ccncc4)C3)[nH]c2c1. The van der Waals surface area contributed by atoms with E-state index in [2.05, 4.69) is 34.3 Å². The molecule has 0 aliphatic carbocycles. The molecule has 128 valence electrons. The summed E-state index contributed by atoms with van der Waals surface area (Å²) in [6.45, 7) is 3.52. The summed E-state index contributed by atoms with van der Waals surface area (Å²) in [6.07, 6.45) is 5.36. The van der Waals surface area contributed by atoms with Crippen molar-refractivity contribution in [3.63, 3.8) is 0 Å². The smallest absolute Gasteiger partial charge is 0.321 e. The number of aromatic amines is 1. The third-order valence-corrected chi connectivity index (χ3v) is 4.68. The van der Waals surface area contributed by atoms with Gasteiger partial charge in [0.1, 0.15) is 5.82 Å². The highest BCUT2D eigenvalue weighted by Gasteiger charge is 2.26. The normalized spacial score (nSPS) is 17.6. The number of hydrogen-bond donors (Lipinski definition) is 2. The first kappa shape index (κ1) is 15.6. The predicted molar refractivity (Wildman–Crippen MR) is 97.6 cm³/mol. The highest BCUT2D eigenvalue weighted by atomic mass is 16.2. The molecule has 2 N–H and O–H groups in total. The van der Waals surface area contributed by atoms with Gasteiger partial charge < -0.3 is 15.2 Å². The molecule has 0 bridgehead atoms. The number of urea groups is 1. The molecule has 2 aromatic heterocycles. The molecule has 2 amide bonds. The van der Waals surface area contributed by atoms with Crippen LogP contribution in [0.3, 0.4) is 0 Å². The summed E-state index contributed by atoms with van der Waals surface area (Å²) in [5.41, 5.74) is 4.03. The van der Waals surface area contributed by atoms with Crippen LogP contribution in [0.1, 0.15) is 30.1 Å². The lowest BCUT2D eigenvalue weighted by Crippen LogP contribution is -2.41. The summed E-state index contributed by atoms with van der Waals surface area (Å²) in [7, 11) is 0. The van der Waals surface area contributed by atoms with Gasteiger partial charge in [-0.1, -0.05) is 6.07 Å². The van der Waals surface area contributed by atoms with Gasteiger partial charge in [0.15, 0.2) is 0 Å². The second-order valence-electron chi connectivity index (χ2n) is 6.59. The summed E-state index contributed by atoms with van der Waals surface area (Å²) in [5, 5.41) is 2.93. The third-order valence-electron chi connectivity index (χ3n) is 4.68. The van der Waals surface area contributed by atoms with Crippen LogP contribution in [0.15, 0.2) is 42.7 Å². The summed E-state index contributed by atoms with van der Waals surface area (Å²) < 4.78 is 0. The molecule has 0 radical (unpaired) electrons. The molecule has 3 aromatic rings. The molecule has 1 aliphatic heterocycles. The van der Waals surface area contributed by atoms with Crippen molar-refractivity contribution in [2.24, 2.45) is 0 Å². The minimum Gasteiger partial charge on any atom is -0.342 e. The number of carbonyl (C=O) groups is 1. The number of H-pyrrole nitrogens is 1. The lowest BCUT2D eigenvalue weighted by molar-refractivity contribution is 0.191. The van der Waals surface area contributed by atoms with Gasteiger partial charge in [-0.05, 0) is 49.6 Å². The number of piperidine rings is 1. The molecule has 1 fully saturated rings. The maximum atomic E-state index is 12.5. The summed E-state index contributed by atoms with van der Waals surface area (Å²) >= 11 is 0. The zero-order chi connectivity index (χ0) is 17.2. The molecule has 25 heavy (non-hydrogen) atoms. The van der Waals surface area contributed by atoms with Gasteiger partial charge >= 0.3 is 6.03 Å². The van der Waals surface area contributed by atoms with Gasteiger partial charge in [-0.3, -0.25) is 4.98 Å². The Morgan fingerprint density at radius 2 is 2.12 bits per heavy atom. The Morgan fingerprint density at radius 3 is 2.96 bits per heavy atom. The number of pyridine rings is 1. The van der Waals surface area contributed by atoms with Crippen molar-refractivity contribution in [2.75, 3.05) is 18.4 Å². The number of anilines is 1.